The van der Waals surface area contributed by atoms with E-state index in [2.05, 4.69) is 24.4 Å². The average Bonchev–Trinajstić information content (AvgIpc) is 3.26. The summed E-state index contributed by atoms with van der Waals surface area (Å²) in [6.07, 6.45) is 5.92. The molecule has 2 saturated heterocycles. The molecule has 3 fully saturated rings. The van der Waals surface area contributed by atoms with Crippen LogP contribution in [-0.2, 0) is 9.47 Å². The lowest BCUT2D eigenvalue weighted by Gasteiger charge is -2.29. The van der Waals surface area contributed by atoms with Crippen LogP contribution >= 0.6 is 0 Å². The number of ether oxygens (including phenoxy) is 4. The van der Waals surface area contributed by atoms with Crippen LogP contribution in [0, 0.1) is 12.8 Å². The normalized spacial score (nSPS) is 25.9. The number of hydrogen-bond donors (Lipinski definition) is 1. The van der Waals surface area contributed by atoms with Gasteiger partial charge in [0.1, 0.15) is 18.0 Å². The number of hydrogen-bond acceptors (Lipinski definition) is 7. The van der Waals surface area contributed by atoms with Gasteiger partial charge in [-0.25, -0.2) is 4.98 Å². The van der Waals surface area contributed by atoms with Crippen molar-refractivity contribution in [1.82, 2.24) is 9.97 Å². The van der Waals surface area contributed by atoms with E-state index in [1.807, 2.05) is 19.1 Å². The Hall–Kier alpha value is -2.38. The standard InChI is InChI=1S/C25H33N3O4/c1-16-3-7-19(8-4-16)27-25-26-17(2)23(24(28-25)32-22-14-30-15-22)18-5-9-20(10-6-18)31-21-11-12-29-13-21/h5-6,9-10,16,19,21-22H,3-4,7-8,11-15H2,1-2H3,(H,26,27,28). The van der Waals surface area contributed by atoms with Crippen LogP contribution in [0.2, 0.25) is 0 Å². The van der Waals surface area contributed by atoms with Crippen LogP contribution in [-0.4, -0.2) is 54.6 Å². The van der Waals surface area contributed by atoms with Gasteiger partial charge in [-0.1, -0.05) is 19.1 Å². The number of aromatic nitrogens is 2. The molecule has 1 unspecified atom stereocenters. The van der Waals surface area contributed by atoms with Crippen LogP contribution in [0.15, 0.2) is 24.3 Å². The molecule has 0 spiro atoms. The molecule has 5 rings (SSSR count). The van der Waals surface area contributed by atoms with Gasteiger partial charge < -0.3 is 24.3 Å². The van der Waals surface area contributed by atoms with Gasteiger partial charge in [0.05, 0.1) is 37.7 Å². The van der Waals surface area contributed by atoms with E-state index in [0.717, 1.165) is 54.4 Å². The summed E-state index contributed by atoms with van der Waals surface area (Å²) in [6.45, 7) is 6.98. The summed E-state index contributed by atoms with van der Waals surface area (Å²) in [5.41, 5.74) is 2.85. The average molecular weight is 440 g/mol. The summed E-state index contributed by atoms with van der Waals surface area (Å²) >= 11 is 0. The second kappa shape index (κ2) is 9.63. The first kappa shape index (κ1) is 21.5. The third-order valence-electron chi connectivity index (χ3n) is 6.63. The van der Waals surface area contributed by atoms with Crippen molar-refractivity contribution in [3.63, 3.8) is 0 Å². The van der Waals surface area contributed by atoms with E-state index in [4.69, 9.17) is 28.9 Å². The molecule has 7 heteroatoms. The molecular formula is C25H33N3O4. The zero-order chi connectivity index (χ0) is 21.9. The topological polar surface area (TPSA) is 74.7 Å². The number of nitrogens with zero attached hydrogens (tertiary/aromatic N) is 2. The summed E-state index contributed by atoms with van der Waals surface area (Å²) in [5.74, 6) is 2.93. The molecule has 1 atom stereocenters. The second-order valence-electron chi connectivity index (χ2n) is 9.32. The van der Waals surface area contributed by atoms with Gasteiger partial charge in [-0.05, 0) is 56.2 Å². The summed E-state index contributed by atoms with van der Waals surface area (Å²) in [4.78, 5) is 9.60. The van der Waals surface area contributed by atoms with Crippen molar-refractivity contribution in [2.75, 3.05) is 31.7 Å². The Morgan fingerprint density at radius 1 is 0.875 bits per heavy atom. The summed E-state index contributed by atoms with van der Waals surface area (Å²) < 4.78 is 23.0. The zero-order valence-electron chi connectivity index (χ0n) is 19.0. The van der Waals surface area contributed by atoms with Crippen LogP contribution in [0.1, 0.15) is 44.7 Å². The highest BCUT2D eigenvalue weighted by Crippen LogP contribution is 2.35. The summed E-state index contributed by atoms with van der Waals surface area (Å²) in [7, 11) is 0. The molecule has 3 heterocycles. The number of nitrogens with one attached hydrogen (secondary N) is 1. The molecule has 0 radical (unpaired) electrons. The predicted molar refractivity (Wildman–Crippen MR) is 122 cm³/mol. The fourth-order valence-electron chi connectivity index (χ4n) is 4.55. The highest BCUT2D eigenvalue weighted by atomic mass is 16.6. The minimum absolute atomic E-state index is 0.0383. The van der Waals surface area contributed by atoms with Gasteiger partial charge >= 0.3 is 0 Å². The molecule has 3 aliphatic rings. The van der Waals surface area contributed by atoms with E-state index in [1.165, 1.54) is 12.8 Å². The number of benzene rings is 1. The summed E-state index contributed by atoms with van der Waals surface area (Å²) in [6, 6.07) is 8.53. The molecule has 1 aromatic heterocycles. The van der Waals surface area contributed by atoms with E-state index in [9.17, 15) is 0 Å². The molecule has 0 amide bonds. The largest absolute Gasteiger partial charge is 0.488 e. The SMILES string of the molecule is Cc1nc(NC2CCC(C)CC2)nc(OC2COC2)c1-c1ccc(OC2CCOC2)cc1. The maximum atomic E-state index is 6.24. The first-order valence-electron chi connectivity index (χ1n) is 11.9. The van der Waals surface area contributed by atoms with E-state index < -0.39 is 0 Å². The Morgan fingerprint density at radius 2 is 1.62 bits per heavy atom. The maximum Gasteiger partial charge on any atom is 0.226 e. The molecule has 7 nitrogen and oxygen atoms in total. The van der Waals surface area contributed by atoms with Crippen molar-refractivity contribution >= 4 is 5.95 Å². The lowest BCUT2D eigenvalue weighted by atomic mass is 9.87. The van der Waals surface area contributed by atoms with Crippen molar-refractivity contribution in [1.29, 1.82) is 0 Å². The van der Waals surface area contributed by atoms with Crippen molar-refractivity contribution < 1.29 is 18.9 Å². The van der Waals surface area contributed by atoms with Crippen molar-refractivity contribution in [2.45, 2.75) is 64.2 Å². The zero-order valence-corrected chi connectivity index (χ0v) is 19.0. The molecular weight excluding hydrogens is 406 g/mol. The smallest absolute Gasteiger partial charge is 0.226 e. The van der Waals surface area contributed by atoms with Crippen molar-refractivity contribution in [2.24, 2.45) is 5.92 Å². The molecule has 1 N–H and O–H groups in total. The maximum absolute atomic E-state index is 6.24. The van der Waals surface area contributed by atoms with Crippen LogP contribution in [0.3, 0.4) is 0 Å². The quantitative estimate of drug-likeness (QED) is 0.686. The fourth-order valence-corrected chi connectivity index (χ4v) is 4.55. The second-order valence-corrected chi connectivity index (χ2v) is 9.32. The minimum Gasteiger partial charge on any atom is -0.488 e. The highest BCUT2D eigenvalue weighted by molar-refractivity contribution is 5.72. The number of anilines is 1. The molecule has 32 heavy (non-hydrogen) atoms. The molecule has 2 aromatic rings. The Bertz CT molecular complexity index is 902. The Labute approximate surface area is 189 Å². The third kappa shape index (κ3) is 4.99. The van der Waals surface area contributed by atoms with Crippen LogP contribution in [0.4, 0.5) is 5.95 Å². The molecule has 0 bridgehead atoms. The molecule has 2 aliphatic heterocycles. The first-order valence-corrected chi connectivity index (χ1v) is 11.9. The van der Waals surface area contributed by atoms with Crippen LogP contribution < -0.4 is 14.8 Å². The van der Waals surface area contributed by atoms with Gasteiger partial charge in [0.25, 0.3) is 0 Å². The van der Waals surface area contributed by atoms with Gasteiger partial charge in [0, 0.05) is 12.5 Å². The molecule has 1 aromatic carbocycles. The van der Waals surface area contributed by atoms with Crippen LogP contribution in [0.5, 0.6) is 11.6 Å². The van der Waals surface area contributed by atoms with E-state index in [-0.39, 0.29) is 12.2 Å². The Balaban J connectivity index is 1.37. The lowest BCUT2D eigenvalue weighted by Crippen LogP contribution is -2.39. The number of rotatable bonds is 7. The summed E-state index contributed by atoms with van der Waals surface area (Å²) in [5, 5.41) is 3.55. The highest BCUT2D eigenvalue weighted by Gasteiger charge is 2.26. The fraction of sp³-hybridized carbons (Fsp3) is 0.600. The Morgan fingerprint density at radius 3 is 2.28 bits per heavy atom. The molecule has 1 saturated carbocycles. The molecule has 1 aliphatic carbocycles. The van der Waals surface area contributed by atoms with E-state index in [0.29, 0.717) is 37.7 Å². The van der Waals surface area contributed by atoms with Gasteiger partial charge in [-0.15, -0.1) is 0 Å². The Kier molecular flexibility index (Phi) is 6.46. The van der Waals surface area contributed by atoms with Crippen molar-refractivity contribution in [3.05, 3.63) is 30.0 Å². The predicted octanol–water partition coefficient (Wildman–Crippen LogP) is 4.39. The third-order valence-corrected chi connectivity index (χ3v) is 6.63. The van der Waals surface area contributed by atoms with Crippen molar-refractivity contribution in [3.8, 4) is 22.8 Å². The first-order chi connectivity index (χ1) is 15.6. The minimum atomic E-state index is 0.0383. The van der Waals surface area contributed by atoms with Gasteiger partial charge in [-0.2, -0.15) is 4.98 Å². The van der Waals surface area contributed by atoms with Gasteiger partial charge in [0.2, 0.25) is 11.8 Å². The van der Waals surface area contributed by atoms with E-state index >= 15 is 0 Å². The van der Waals surface area contributed by atoms with Gasteiger partial charge in [-0.3, -0.25) is 0 Å². The van der Waals surface area contributed by atoms with Gasteiger partial charge in [0.15, 0.2) is 0 Å². The van der Waals surface area contributed by atoms with Crippen LogP contribution in [0.25, 0.3) is 11.1 Å². The van der Waals surface area contributed by atoms with E-state index in [1.54, 1.807) is 0 Å². The molecule has 172 valence electrons. The lowest BCUT2D eigenvalue weighted by molar-refractivity contribution is -0.0811. The number of aryl methyl sites for hydroxylation is 1. The monoisotopic (exact) mass is 439 g/mol.